The van der Waals surface area contributed by atoms with E-state index < -0.39 is 5.41 Å². The maximum atomic E-state index is 11.6. The van der Waals surface area contributed by atoms with Crippen molar-refractivity contribution in [2.24, 2.45) is 5.41 Å². The van der Waals surface area contributed by atoms with Crippen molar-refractivity contribution < 1.29 is 4.79 Å². The minimum absolute atomic E-state index is 0.180. The van der Waals surface area contributed by atoms with Crippen LogP contribution in [-0.4, -0.2) is 18.0 Å². The largest absolute Gasteiger partial charge is 0.335 e. The number of dihydropyridines is 1. The van der Waals surface area contributed by atoms with Crippen LogP contribution < -0.4 is 10.6 Å². The molecule has 7 heteroatoms. The lowest BCUT2D eigenvalue weighted by atomic mass is 9.64. The molecule has 1 spiro atoms. The van der Waals surface area contributed by atoms with Crippen LogP contribution in [0.5, 0.6) is 0 Å². The van der Waals surface area contributed by atoms with Crippen LogP contribution in [0.4, 0.5) is 0 Å². The Morgan fingerprint density at radius 1 is 1.32 bits per heavy atom. The van der Waals surface area contributed by atoms with Gasteiger partial charge >= 0.3 is 0 Å². The third kappa shape index (κ3) is 2.82. The summed E-state index contributed by atoms with van der Waals surface area (Å²) >= 11 is 6.97. The Bertz CT molecular complexity index is 620. The molecule has 0 radical (unpaired) electrons. The molecule has 116 valence electrons. The lowest BCUT2D eigenvalue weighted by Gasteiger charge is -2.41. The average molecular weight is 337 g/mol. The van der Waals surface area contributed by atoms with Gasteiger partial charge in [0, 0.05) is 5.41 Å². The molecule has 1 fully saturated rings. The van der Waals surface area contributed by atoms with E-state index in [0.29, 0.717) is 22.0 Å². The van der Waals surface area contributed by atoms with E-state index in [0.717, 1.165) is 32.1 Å². The summed E-state index contributed by atoms with van der Waals surface area (Å²) in [7, 11) is 0. The molecule has 1 aliphatic heterocycles. The number of allylic oxidation sites excluding steroid dienone is 2. The zero-order valence-electron chi connectivity index (χ0n) is 12.3. The summed E-state index contributed by atoms with van der Waals surface area (Å²) in [6.07, 6.45) is 6.41. The second kappa shape index (κ2) is 7.09. The number of carbonyl (C=O) groups excluding carboxylic acids is 1. The van der Waals surface area contributed by atoms with E-state index in [9.17, 15) is 15.3 Å². The third-order valence-corrected chi connectivity index (χ3v) is 5.15. The van der Waals surface area contributed by atoms with Crippen molar-refractivity contribution in [3.05, 3.63) is 22.0 Å². The lowest BCUT2D eigenvalue weighted by molar-refractivity contribution is -0.118. The van der Waals surface area contributed by atoms with Crippen LogP contribution in [0, 0.1) is 28.1 Å². The van der Waals surface area contributed by atoms with Crippen molar-refractivity contribution in [1.29, 1.82) is 10.5 Å². The molecule has 2 rings (SSSR count). The van der Waals surface area contributed by atoms with E-state index >= 15 is 0 Å². The highest BCUT2D eigenvalue weighted by Crippen LogP contribution is 2.51. The highest BCUT2D eigenvalue weighted by molar-refractivity contribution is 8.02. The van der Waals surface area contributed by atoms with Crippen molar-refractivity contribution in [2.75, 3.05) is 12.1 Å². The fraction of sp³-hybridized carbons (Fsp3) is 0.533. The second-order valence-corrected chi connectivity index (χ2v) is 6.42. The van der Waals surface area contributed by atoms with Crippen LogP contribution in [0.15, 0.2) is 22.0 Å². The lowest BCUT2D eigenvalue weighted by Crippen LogP contribution is -2.42. The van der Waals surface area contributed by atoms with Gasteiger partial charge in [0.1, 0.15) is 11.7 Å². The third-order valence-electron chi connectivity index (χ3n) is 4.19. The van der Waals surface area contributed by atoms with Crippen LogP contribution in [0.2, 0.25) is 0 Å². The monoisotopic (exact) mass is 336 g/mol. The molecule has 2 N–H and O–H groups in total. The predicted octanol–water partition coefficient (Wildman–Crippen LogP) is 2.73. The van der Waals surface area contributed by atoms with Gasteiger partial charge in [0.15, 0.2) is 0 Å². The van der Waals surface area contributed by atoms with Gasteiger partial charge in [0.05, 0.1) is 28.3 Å². The van der Waals surface area contributed by atoms with Gasteiger partial charge in [-0.1, -0.05) is 19.3 Å². The van der Waals surface area contributed by atoms with Crippen molar-refractivity contribution >= 4 is 29.3 Å². The molecular formula is C15H17ClN4OS. The molecule has 1 aliphatic carbocycles. The number of nitrogens with zero attached hydrogens (tertiary/aromatic N) is 2. The normalized spacial score (nSPS) is 20.2. The zero-order chi connectivity index (χ0) is 16.2. The molecule has 1 saturated carbocycles. The molecule has 2 aliphatic rings. The number of rotatable bonds is 3. The predicted molar refractivity (Wildman–Crippen MR) is 86.3 cm³/mol. The molecule has 0 aromatic heterocycles. The van der Waals surface area contributed by atoms with E-state index in [1.807, 2.05) is 6.26 Å². The molecule has 0 aromatic rings. The van der Waals surface area contributed by atoms with Gasteiger partial charge in [-0.05, 0) is 19.1 Å². The standard InChI is InChI=1S/C15H17ClN4OS/c1-22-14-11(9-18)15(5-3-2-4-6-15)10(8-17)13(20-14)19-12(21)7-16/h20H,2-7H2,1H3,(H,19,21). The van der Waals surface area contributed by atoms with Gasteiger partial charge in [0.25, 0.3) is 0 Å². The van der Waals surface area contributed by atoms with Crippen molar-refractivity contribution in [3.63, 3.8) is 0 Å². The van der Waals surface area contributed by atoms with Gasteiger partial charge < -0.3 is 10.6 Å². The van der Waals surface area contributed by atoms with Gasteiger partial charge in [-0.2, -0.15) is 10.5 Å². The minimum Gasteiger partial charge on any atom is -0.335 e. The number of amides is 1. The fourth-order valence-electron chi connectivity index (χ4n) is 3.22. The van der Waals surface area contributed by atoms with Crippen LogP contribution in [0.25, 0.3) is 0 Å². The SMILES string of the molecule is CSC1=C(C#N)C2(CCCCC2)C(C#N)=C(NC(=O)CCl)N1. The van der Waals surface area contributed by atoms with E-state index in [1.165, 1.54) is 11.8 Å². The van der Waals surface area contributed by atoms with E-state index in [-0.39, 0.29) is 11.8 Å². The number of nitriles is 2. The summed E-state index contributed by atoms with van der Waals surface area (Å²) in [5, 5.41) is 25.7. The Kier molecular flexibility index (Phi) is 5.39. The molecule has 0 saturated heterocycles. The molecule has 1 amide bonds. The van der Waals surface area contributed by atoms with E-state index in [4.69, 9.17) is 11.6 Å². The van der Waals surface area contributed by atoms with Crippen molar-refractivity contribution in [3.8, 4) is 12.1 Å². The van der Waals surface area contributed by atoms with E-state index in [1.54, 1.807) is 0 Å². The Morgan fingerprint density at radius 2 is 1.95 bits per heavy atom. The minimum atomic E-state index is -0.583. The van der Waals surface area contributed by atoms with E-state index in [2.05, 4.69) is 22.8 Å². The summed E-state index contributed by atoms with van der Waals surface area (Å²) in [4.78, 5) is 11.6. The first-order valence-corrected chi connectivity index (χ1v) is 8.85. The highest BCUT2D eigenvalue weighted by atomic mass is 35.5. The summed E-state index contributed by atoms with van der Waals surface area (Å²) in [5.74, 6) is -0.178. The van der Waals surface area contributed by atoms with Crippen molar-refractivity contribution in [2.45, 2.75) is 32.1 Å². The molecule has 5 nitrogen and oxygen atoms in total. The van der Waals surface area contributed by atoms with Gasteiger partial charge in [-0.15, -0.1) is 23.4 Å². The fourth-order valence-corrected chi connectivity index (χ4v) is 3.93. The zero-order valence-corrected chi connectivity index (χ0v) is 13.9. The smallest absolute Gasteiger partial charge is 0.240 e. The molecule has 0 bridgehead atoms. The highest BCUT2D eigenvalue weighted by Gasteiger charge is 2.46. The first kappa shape index (κ1) is 16.7. The number of carbonyl (C=O) groups is 1. The Labute approximate surface area is 139 Å². The first-order chi connectivity index (χ1) is 10.6. The Hall–Kier alpha value is -1.63. The number of halogens is 1. The number of nitrogens with one attached hydrogen (secondary N) is 2. The number of hydrogen-bond donors (Lipinski definition) is 2. The summed E-state index contributed by atoms with van der Waals surface area (Å²) in [6, 6.07) is 4.51. The quantitative estimate of drug-likeness (QED) is 0.773. The molecule has 0 atom stereocenters. The number of alkyl halides is 1. The number of thioether (sulfide) groups is 1. The molecule has 0 aromatic carbocycles. The summed E-state index contributed by atoms with van der Waals surface area (Å²) in [5.41, 5.74) is 0.473. The van der Waals surface area contributed by atoms with Crippen LogP contribution in [-0.2, 0) is 4.79 Å². The summed E-state index contributed by atoms with van der Waals surface area (Å²) in [6.45, 7) is 0. The summed E-state index contributed by atoms with van der Waals surface area (Å²) < 4.78 is 0. The van der Waals surface area contributed by atoms with Crippen molar-refractivity contribution in [1.82, 2.24) is 10.6 Å². The van der Waals surface area contributed by atoms with Crippen LogP contribution in [0.1, 0.15) is 32.1 Å². The second-order valence-electron chi connectivity index (χ2n) is 5.33. The van der Waals surface area contributed by atoms with Crippen LogP contribution in [0.3, 0.4) is 0 Å². The maximum absolute atomic E-state index is 11.6. The topological polar surface area (TPSA) is 88.7 Å². The van der Waals surface area contributed by atoms with Gasteiger partial charge in [0.2, 0.25) is 5.91 Å². The maximum Gasteiger partial charge on any atom is 0.240 e. The average Bonchev–Trinajstić information content (AvgIpc) is 2.55. The Morgan fingerprint density at radius 3 is 2.45 bits per heavy atom. The van der Waals surface area contributed by atoms with Gasteiger partial charge in [-0.25, -0.2) is 0 Å². The Balaban J connectivity index is 2.57. The molecule has 1 heterocycles. The van der Waals surface area contributed by atoms with Crippen LogP contribution >= 0.6 is 23.4 Å². The molecular weight excluding hydrogens is 320 g/mol. The first-order valence-electron chi connectivity index (χ1n) is 7.09. The molecule has 0 unspecified atom stereocenters. The number of hydrogen-bond acceptors (Lipinski definition) is 5. The van der Waals surface area contributed by atoms with Gasteiger partial charge in [-0.3, -0.25) is 4.79 Å². The molecule has 22 heavy (non-hydrogen) atoms.